The first-order valence-electron chi connectivity index (χ1n) is 6.26. The Hall–Kier alpha value is -1.62. The van der Waals surface area contributed by atoms with Gasteiger partial charge in [0.05, 0.1) is 4.92 Å². The molecule has 0 aliphatic carbocycles. The molecule has 0 aromatic heterocycles. The van der Waals surface area contributed by atoms with Crippen molar-refractivity contribution < 1.29 is 4.92 Å². The molecule has 1 aliphatic heterocycles. The quantitative estimate of drug-likeness (QED) is 0.660. The van der Waals surface area contributed by atoms with E-state index in [4.69, 9.17) is 0 Å². The van der Waals surface area contributed by atoms with Crippen LogP contribution in [0.1, 0.15) is 18.4 Å². The zero-order valence-electron chi connectivity index (χ0n) is 10.8. The summed E-state index contributed by atoms with van der Waals surface area (Å²) in [5, 5.41) is 14.3. The highest BCUT2D eigenvalue weighted by Crippen LogP contribution is 2.24. The molecule has 1 aromatic carbocycles. The predicted octanol–water partition coefficient (Wildman–Crippen LogP) is 2.41. The number of likely N-dealkylation sites (tertiary alicyclic amines) is 1. The van der Waals surface area contributed by atoms with Crippen molar-refractivity contribution >= 4 is 11.4 Å². The second-order valence-corrected chi connectivity index (χ2v) is 4.98. The summed E-state index contributed by atoms with van der Waals surface area (Å²) in [4.78, 5) is 12.9. The molecule has 0 bridgehead atoms. The molecule has 5 nitrogen and oxygen atoms in total. The van der Waals surface area contributed by atoms with Crippen LogP contribution in [-0.4, -0.2) is 36.0 Å². The molecule has 1 fully saturated rings. The van der Waals surface area contributed by atoms with Gasteiger partial charge in [0.1, 0.15) is 0 Å². The fraction of sp³-hybridized carbons (Fsp3) is 0.538. The summed E-state index contributed by atoms with van der Waals surface area (Å²) in [7, 11) is 2.12. The van der Waals surface area contributed by atoms with Crippen molar-refractivity contribution in [2.24, 2.45) is 0 Å². The van der Waals surface area contributed by atoms with Crippen LogP contribution in [0.25, 0.3) is 0 Å². The van der Waals surface area contributed by atoms with Crippen LogP contribution < -0.4 is 5.32 Å². The minimum absolute atomic E-state index is 0.188. The summed E-state index contributed by atoms with van der Waals surface area (Å²) >= 11 is 0. The van der Waals surface area contributed by atoms with E-state index in [0.717, 1.165) is 31.6 Å². The summed E-state index contributed by atoms with van der Waals surface area (Å²) in [6, 6.07) is 5.77. The molecule has 5 heteroatoms. The molecule has 0 unspecified atom stereocenters. The number of rotatable bonds is 3. The van der Waals surface area contributed by atoms with Crippen molar-refractivity contribution in [3.05, 3.63) is 33.9 Å². The van der Waals surface area contributed by atoms with E-state index in [9.17, 15) is 10.1 Å². The molecule has 2 rings (SSSR count). The lowest BCUT2D eigenvalue weighted by molar-refractivity contribution is -0.385. The monoisotopic (exact) mass is 249 g/mol. The molecule has 0 spiro atoms. The smallest absolute Gasteiger partial charge is 0.274 e. The van der Waals surface area contributed by atoms with Crippen molar-refractivity contribution in [3.63, 3.8) is 0 Å². The number of nitrogens with zero attached hydrogens (tertiary/aromatic N) is 2. The Labute approximate surface area is 107 Å². The van der Waals surface area contributed by atoms with E-state index in [1.54, 1.807) is 19.1 Å². The first kappa shape index (κ1) is 12.8. The van der Waals surface area contributed by atoms with E-state index < -0.39 is 0 Å². The van der Waals surface area contributed by atoms with Gasteiger partial charge in [0.2, 0.25) is 0 Å². The minimum atomic E-state index is -0.324. The standard InChI is InChI=1S/C13H19N3O2/c1-10-3-4-12(9-13(10)16(17)18)14-11-5-7-15(2)8-6-11/h3-4,9,11,14H,5-8H2,1-2H3. The minimum Gasteiger partial charge on any atom is -0.382 e. The van der Waals surface area contributed by atoms with E-state index in [0.29, 0.717) is 11.6 Å². The molecule has 98 valence electrons. The Morgan fingerprint density at radius 2 is 2.06 bits per heavy atom. The van der Waals surface area contributed by atoms with Crippen LogP contribution in [0.15, 0.2) is 18.2 Å². The third-order valence-electron chi connectivity index (χ3n) is 3.50. The number of nitro benzene ring substituents is 1. The Morgan fingerprint density at radius 1 is 1.39 bits per heavy atom. The van der Waals surface area contributed by atoms with Gasteiger partial charge in [0.15, 0.2) is 0 Å². The molecule has 1 saturated heterocycles. The van der Waals surface area contributed by atoms with Gasteiger partial charge in [0.25, 0.3) is 5.69 Å². The number of nitro groups is 1. The van der Waals surface area contributed by atoms with Gasteiger partial charge in [-0.15, -0.1) is 0 Å². The van der Waals surface area contributed by atoms with Gasteiger partial charge >= 0.3 is 0 Å². The van der Waals surface area contributed by atoms with Crippen LogP contribution in [0.4, 0.5) is 11.4 Å². The number of hydrogen-bond acceptors (Lipinski definition) is 4. The zero-order valence-corrected chi connectivity index (χ0v) is 10.8. The van der Waals surface area contributed by atoms with Gasteiger partial charge in [0, 0.05) is 23.4 Å². The number of hydrogen-bond donors (Lipinski definition) is 1. The zero-order chi connectivity index (χ0) is 13.1. The van der Waals surface area contributed by atoms with Crippen LogP contribution in [0.5, 0.6) is 0 Å². The van der Waals surface area contributed by atoms with Crippen molar-refractivity contribution in [2.45, 2.75) is 25.8 Å². The lowest BCUT2D eigenvalue weighted by Crippen LogP contribution is -2.36. The number of nitrogens with one attached hydrogen (secondary N) is 1. The van der Waals surface area contributed by atoms with Crippen molar-refractivity contribution in [1.82, 2.24) is 4.90 Å². The van der Waals surface area contributed by atoms with E-state index in [1.165, 1.54) is 0 Å². The molecule has 1 aliphatic rings. The SMILES string of the molecule is Cc1ccc(NC2CCN(C)CC2)cc1[N+](=O)[O-]. The lowest BCUT2D eigenvalue weighted by Gasteiger charge is -2.30. The molecular weight excluding hydrogens is 230 g/mol. The predicted molar refractivity (Wildman–Crippen MR) is 72.0 cm³/mol. The van der Waals surface area contributed by atoms with Gasteiger partial charge < -0.3 is 10.2 Å². The fourth-order valence-electron chi connectivity index (χ4n) is 2.28. The number of aryl methyl sites for hydroxylation is 1. The summed E-state index contributed by atoms with van der Waals surface area (Å²) in [5.41, 5.74) is 1.74. The van der Waals surface area contributed by atoms with E-state index in [2.05, 4.69) is 17.3 Å². The van der Waals surface area contributed by atoms with Crippen molar-refractivity contribution in [1.29, 1.82) is 0 Å². The molecule has 0 atom stereocenters. The van der Waals surface area contributed by atoms with E-state index in [-0.39, 0.29) is 10.6 Å². The van der Waals surface area contributed by atoms with E-state index in [1.807, 2.05) is 6.07 Å². The average molecular weight is 249 g/mol. The topological polar surface area (TPSA) is 58.4 Å². The van der Waals surface area contributed by atoms with Gasteiger partial charge in [-0.2, -0.15) is 0 Å². The Balaban J connectivity index is 2.05. The van der Waals surface area contributed by atoms with Crippen LogP contribution in [0.3, 0.4) is 0 Å². The number of piperidine rings is 1. The summed E-state index contributed by atoms with van der Waals surface area (Å²) in [6.45, 7) is 3.91. The van der Waals surface area contributed by atoms with Crippen molar-refractivity contribution in [2.75, 3.05) is 25.5 Å². The van der Waals surface area contributed by atoms with Gasteiger partial charge in [-0.1, -0.05) is 6.07 Å². The fourth-order valence-corrected chi connectivity index (χ4v) is 2.28. The number of anilines is 1. The molecular formula is C13H19N3O2. The van der Waals surface area contributed by atoms with Crippen LogP contribution in [-0.2, 0) is 0 Å². The molecule has 1 N–H and O–H groups in total. The highest BCUT2D eigenvalue weighted by molar-refractivity contribution is 5.55. The van der Waals surface area contributed by atoms with Crippen molar-refractivity contribution in [3.8, 4) is 0 Å². The number of benzene rings is 1. The first-order chi connectivity index (χ1) is 8.56. The molecule has 1 aromatic rings. The molecule has 18 heavy (non-hydrogen) atoms. The molecule has 0 amide bonds. The lowest BCUT2D eigenvalue weighted by atomic mass is 10.0. The van der Waals surface area contributed by atoms with Crippen LogP contribution >= 0.6 is 0 Å². The van der Waals surface area contributed by atoms with E-state index >= 15 is 0 Å². The maximum absolute atomic E-state index is 10.9. The van der Waals surface area contributed by atoms with Crippen LogP contribution in [0, 0.1) is 17.0 Å². The van der Waals surface area contributed by atoms with Gasteiger partial charge in [-0.05, 0) is 46.0 Å². The normalized spacial score (nSPS) is 17.7. The second kappa shape index (κ2) is 5.35. The van der Waals surface area contributed by atoms with Gasteiger partial charge in [-0.25, -0.2) is 0 Å². The third-order valence-corrected chi connectivity index (χ3v) is 3.50. The molecule has 0 saturated carbocycles. The van der Waals surface area contributed by atoms with Crippen LogP contribution in [0.2, 0.25) is 0 Å². The Morgan fingerprint density at radius 3 is 2.67 bits per heavy atom. The second-order valence-electron chi connectivity index (χ2n) is 4.98. The summed E-state index contributed by atoms with van der Waals surface area (Å²) in [6.07, 6.45) is 2.16. The van der Waals surface area contributed by atoms with Gasteiger partial charge in [-0.3, -0.25) is 10.1 Å². The maximum atomic E-state index is 10.9. The maximum Gasteiger partial charge on any atom is 0.274 e. The average Bonchev–Trinajstić information content (AvgIpc) is 2.34. The Bertz CT molecular complexity index is 440. The first-order valence-corrected chi connectivity index (χ1v) is 6.26. The highest BCUT2D eigenvalue weighted by atomic mass is 16.6. The molecule has 1 heterocycles. The summed E-state index contributed by atoms with van der Waals surface area (Å²) in [5.74, 6) is 0. The largest absolute Gasteiger partial charge is 0.382 e. The third kappa shape index (κ3) is 2.98. The summed E-state index contributed by atoms with van der Waals surface area (Å²) < 4.78 is 0. The Kier molecular flexibility index (Phi) is 3.81. The highest BCUT2D eigenvalue weighted by Gasteiger charge is 2.17. The molecule has 0 radical (unpaired) electrons.